The fourth-order valence-electron chi connectivity index (χ4n) is 4.18. The molecule has 0 radical (unpaired) electrons. The molecule has 2 aliphatic heterocycles. The standard InChI is InChI=1S/C23H21N5O3/c1-15-18(3-4-19-20(15)13-31-23(19)29)21-12-27(6-7-30-21)10-16-2-5-22(25-9-16)28-11-17(8-24)26-14-28/h2-5,9,11,14,21H,6-7,10,12-13H2,1H3/t21-/m0/s1. The van der Waals surface area contributed by atoms with Gasteiger partial charge in [0, 0.05) is 37.6 Å². The SMILES string of the molecule is Cc1c([C@@H]2CN(Cc3ccc(-n4cnc(C#N)c4)nc3)CCO2)ccc2c1COC2=O. The monoisotopic (exact) mass is 415 g/mol. The van der Waals surface area contributed by atoms with Crippen molar-refractivity contribution in [3.8, 4) is 11.9 Å². The summed E-state index contributed by atoms with van der Waals surface area (Å²) in [5, 5.41) is 8.92. The molecule has 0 aliphatic carbocycles. The van der Waals surface area contributed by atoms with Gasteiger partial charge in [-0.05, 0) is 35.7 Å². The van der Waals surface area contributed by atoms with Gasteiger partial charge in [-0.15, -0.1) is 0 Å². The number of hydrogen-bond acceptors (Lipinski definition) is 7. The number of fused-ring (bicyclic) bond motifs is 1. The third-order valence-corrected chi connectivity index (χ3v) is 5.88. The molecule has 0 N–H and O–H groups in total. The molecule has 0 saturated carbocycles. The Hall–Kier alpha value is -3.54. The van der Waals surface area contributed by atoms with Crippen molar-refractivity contribution in [1.82, 2.24) is 19.4 Å². The lowest BCUT2D eigenvalue weighted by molar-refractivity contribution is -0.0332. The number of carbonyl (C=O) groups excluding carboxylic acids is 1. The number of hydrogen-bond donors (Lipinski definition) is 0. The molecule has 4 heterocycles. The number of benzene rings is 1. The van der Waals surface area contributed by atoms with Crippen LogP contribution < -0.4 is 0 Å². The van der Waals surface area contributed by atoms with Crippen LogP contribution in [0.2, 0.25) is 0 Å². The Bertz CT molecular complexity index is 1180. The fourth-order valence-corrected chi connectivity index (χ4v) is 4.18. The number of rotatable bonds is 4. The lowest BCUT2D eigenvalue weighted by atomic mass is 9.94. The van der Waals surface area contributed by atoms with E-state index >= 15 is 0 Å². The number of nitrogens with zero attached hydrogens (tertiary/aromatic N) is 5. The Morgan fingerprint density at radius 1 is 1.26 bits per heavy atom. The van der Waals surface area contributed by atoms with Crippen molar-refractivity contribution < 1.29 is 14.3 Å². The molecule has 1 saturated heterocycles. The van der Waals surface area contributed by atoms with E-state index in [4.69, 9.17) is 14.7 Å². The summed E-state index contributed by atoms with van der Waals surface area (Å²) in [6.07, 6.45) is 5.06. The maximum absolute atomic E-state index is 11.8. The molecule has 2 aliphatic rings. The second kappa shape index (κ2) is 7.95. The molecule has 5 rings (SSSR count). The highest BCUT2D eigenvalue weighted by Gasteiger charge is 2.29. The Morgan fingerprint density at radius 2 is 2.16 bits per heavy atom. The van der Waals surface area contributed by atoms with Crippen molar-refractivity contribution in [3.05, 3.63) is 76.5 Å². The smallest absolute Gasteiger partial charge is 0.338 e. The van der Waals surface area contributed by atoms with Crippen LogP contribution >= 0.6 is 0 Å². The Balaban J connectivity index is 1.28. The third kappa shape index (κ3) is 3.69. The minimum atomic E-state index is -0.244. The first-order chi connectivity index (χ1) is 15.1. The quantitative estimate of drug-likeness (QED) is 0.605. The van der Waals surface area contributed by atoms with Gasteiger partial charge >= 0.3 is 5.97 Å². The number of carbonyl (C=O) groups is 1. The highest BCUT2D eigenvalue weighted by atomic mass is 16.5. The van der Waals surface area contributed by atoms with E-state index in [2.05, 4.69) is 14.9 Å². The molecule has 1 fully saturated rings. The van der Waals surface area contributed by atoms with Crippen LogP contribution in [0.4, 0.5) is 0 Å². The van der Waals surface area contributed by atoms with Gasteiger partial charge in [-0.25, -0.2) is 14.8 Å². The lowest BCUT2D eigenvalue weighted by Crippen LogP contribution is -2.38. The van der Waals surface area contributed by atoms with Gasteiger partial charge in [0.2, 0.25) is 0 Å². The molecule has 0 spiro atoms. The number of imidazole rings is 1. The first-order valence-electron chi connectivity index (χ1n) is 10.1. The summed E-state index contributed by atoms with van der Waals surface area (Å²) < 4.78 is 13.0. The van der Waals surface area contributed by atoms with E-state index in [1.165, 1.54) is 0 Å². The molecule has 8 nitrogen and oxygen atoms in total. The van der Waals surface area contributed by atoms with Crippen LogP contribution in [0, 0.1) is 18.3 Å². The largest absolute Gasteiger partial charge is 0.457 e. The molecule has 1 aromatic carbocycles. The normalized spacial score (nSPS) is 18.5. The summed E-state index contributed by atoms with van der Waals surface area (Å²) in [4.78, 5) is 22.7. The van der Waals surface area contributed by atoms with Crippen LogP contribution in [-0.4, -0.2) is 45.1 Å². The second-order valence-electron chi connectivity index (χ2n) is 7.78. The molecule has 0 unspecified atom stereocenters. The van der Waals surface area contributed by atoms with Crippen molar-refractivity contribution in [2.45, 2.75) is 26.2 Å². The second-order valence-corrected chi connectivity index (χ2v) is 7.78. The van der Waals surface area contributed by atoms with E-state index in [1.54, 1.807) is 17.1 Å². The molecule has 2 aromatic heterocycles. The predicted molar refractivity (Wildman–Crippen MR) is 110 cm³/mol. The summed E-state index contributed by atoms with van der Waals surface area (Å²) in [7, 11) is 0. The van der Waals surface area contributed by atoms with Crippen LogP contribution in [-0.2, 0) is 22.6 Å². The van der Waals surface area contributed by atoms with E-state index in [-0.39, 0.29) is 12.1 Å². The van der Waals surface area contributed by atoms with Gasteiger partial charge in [0.1, 0.15) is 24.8 Å². The number of morpholine rings is 1. The molecule has 1 atom stereocenters. The number of cyclic esters (lactones) is 1. The van der Waals surface area contributed by atoms with Crippen molar-refractivity contribution in [2.24, 2.45) is 0 Å². The van der Waals surface area contributed by atoms with Crippen LogP contribution in [0.25, 0.3) is 5.82 Å². The molecule has 3 aromatic rings. The lowest BCUT2D eigenvalue weighted by Gasteiger charge is -2.34. The molecular weight excluding hydrogens is 394 g/mol. The number of nitriles is 1. The minimum absolute atomic E-state index is 0.0441. The molecule has 31 heavy (non-hydrogen) atoms. The number of esters is 1. The Morgan fingerprint density at radius 3 is 2.94 bits per heavy atom. The topological polar surface area (TPSA) is 93.3 Å². The van der Waals surface area contributed by atoms with E-state index in [0.717, 1.165) is 47.7 Å². The summed E-state index contributed by atoms with van der Waals surface area (Å²) in [6, 6.07) is 9.84. The Labute approximate surface area is 179 Å². The van der Waals surface area contributed by atoms with Gasteiger partial charge < -0.3 is 9.47 Å². The highest BCUT2D eigenvalue weighted by Crippen LogP contribution is 2.32. The number of pyridine rings is 1. The Kier molecular flexibility index (Phi) is 4.98. The summed E-state index contributed by atoms with van der Waals surface area (Å²) >= 11 is 0. The highest BCUT2D eigenvalue weighted by molar-refractivity contribution is 5.93. The third-order valence-electron chi connectivity index (χ3n) is 5.88. The van der Waals surface area contributed by atoms with Crippen LogP contribution in [0.3, 0.4) is 0 Å². The van der Waals surface area contributed by atoms with Gasteiger partial charge in [-0.2, -0.15) is 5.26 Å². The molecule has 8 heteroatoms. The van der Waals surface area contributed by atoms with Crippen LogP contribution in [0.1, 0.15) is 44.4 Å². The van der Waals surface area contributed by atoms with E-state index in [9.17, 15) is 4.79 Å². The van der Waals surface area contributed by atoms with E-state index in [1.807, 2.05) is 43.5 Å². The van der Waals surface area contributed by atoms with Crippen LogP contribution in [0.5, 0.6) is 0 Å². The molecule has 156 valence electrons. The predicted octanol–water partition coefficient (Wildman–Crippen LogP) is 2.69. The summed E-state index contributed by atoms with van der Waals surface area (Å²) in [5.74, 6) is 0.481. The van der Waals surface area contributed by atoms with Crippen LogP contribution in [0.15, 0.2) is 43.0 Å². The van der Waals surface area contributed by atoms with E-state index < -0.39 is 0 Å². The zero-order chi connectivity index (χ0) is 21.4. The van der Waals surface area contributed by atoms with Crippen molar-refractivity contribution in [2.75, 3.05) is 19.7 Å². The number of aromatic nitrogens is 3. The van der Waals surface area contributed by atoms with Gasteiger partial charge in [-0.3, -0.25) is 9.47 Å². The van der Waals surface area contributed by atoms with Crippen molar-refractivity contribution in [3.63, 3.8) is 0 Å². The maximum Gasteiger partial charge on any atom is 0.338 e. The number of ether oxygens (including phenoxy) is 2. The van der Waals surface area contributed by atoms with Gasteiger partial charge in [0.15, 0.2) is 5.69 Å². The van der Waals surface area contributed by atoms with Crippen molar-refractivity contribution >= 4 is 5.97 Å². The zero-order valence-corrected chi connectivity index (χ0v) is 17.1. The summed E-state index contributed by atoms with van der Waals surface area (Å²) in [5.41, 5.74) is 5.31. The van der Waals surface area contributed by atoms with Gasteiger partial charge in [-0.1, -0.05) is 12.1 Å². The van der Waals surface area contributed by atoms with E-state index in [0.29, 0.717) is 24.5 Å². The zero-order valence-electron chi connectivity index (χ0n) is 17.1. The maximum atomic E-state index is 11.8. The fraction of sp³-hybridized carbons (Fsp3) is 0.304. The van der Waals surface area contributed by atoms with Gasteiger partial charge in [0.05, 0.1) is 18.3 Å². The summed E-state index contributed by atoms with van der Waals surface area (Å²) in [6.45, 7) is 5.41. The molecule has 0 bridgehead atoms. The average Bonchev–Trinajstić information content (AvgIpc) is 3.42. The molecule has 0 amide bonds. The van der Waals surface area contributed by atoms with Gasteiger partial charge in [0.25, 0.3) is 0 Å². The first-order valence-corrected chi connectivity index (χ1v) is 10.1. The average molecular weight is 415 g/mol. The minimum Gasteiger partial charge on any atom is -0.457 e. The molecular formula is C23H21N5O3. The van der Waals surface area contributed by atoms with Crippen molar-refractivity contribution in [1.29, 1.82) is 5.26 Å². The first kappa shape index (κ1) is 19.4.